The standard InChI is InChI=1S/C20H21NO3/c1-14-17(19(22)21-10-6-3-7-11-21)12-16(13-18(14)20(23)24)15-8-4-2-5-9-15/h2,4-5,8-9,12-13H,3,6-7,10-11H2,1H3,(H,23,24). The van der Waals surface area contributed by atoms with Gasteiger partial charge in [0.2, 0.25) is 0 Å². The minimum absolute atomic E-state index is 0.0625. The van der Waals surface area contributed by atoms with E-state index in [0.29, 0.717) is 11.1 Å². The van der Waals surface area contributed by atoms with Crippen molar-refractivity contribution in [3.05, 3.63) is 59.2 Å². The number of hydrogen-bond donors (Lipinski definition) is 1. The predicted molar refractivity (Wildman–Crippen MR) is 93.3 cm³/mol. The van der Waals surface area contributed by atoms with E-state index in [-0.39, 0.29) is 11.5 Å². The van der Waals surface area contributed by atoms with Crippen molar-refractivity contribution in [2.24, 2.45) is 0 Å². The number of rotatable bonds is 3. The van der Waals surface area contributed by atoms with Gasteiger partial charge in [0.25, 0.3) is 5.91 Å². The van der Waals surface area contributed by atoms with E-state index in [1.807, 2.05) is 41.3 Å². The van der Waals surface area contributed by atoms with Crippen LogP contribution >= 0.6 is 0 Å². The van der Waals surface area contributed by atoms with Gasteiger partial charge in [-0.1, -0.05) is 30.3 Å². The molecule has 1 N–H and O–H groups in total. The largest absolute Gasteiger partial charge is 0.478 e. The molecule has 0 bridgehead atoms. The highest BCUT2D eigenvalue weighted by Crippen LogP contribution is 2.27. The number of hydrogen-bond acceptors (Lipinski definition) is 2. The van der Waals surface area contributed by atoms with Crippen LogP contribution in [0.4, 0.5) is 0 Å². The van der Waals surface area contributed by atoms with E-state index < -0.39 is 5.97 Å². The van der Waals surface area contributed by atoms with Crippen LogP contribution in [0.25, 0.3) is 11.1 Å². The number of carboxylic acids is 1. The van der Waals surface area contributed by atoms with Gasteiger partial charge in [0.15, 0.2) is 0 Å². The number of carbonyl (C=O) groups is 2. The van der Waals surface area contributed by atoms with Gasteiger partial charge >= 0.3 is 5.97 Å². The number of carbonyl (C=O) groups excluding carboxylic acids is 1. The number of amides is 1. The van der Waals surface area contributed by atoms with Gasteiger partial charge < -0.3 is 10.0 Å². The lowest BCUT2D eigenvalue weighted by Crippen LogP contribution is -2.36. The van der Waals surface area contributed by atoms with Crippen LogP contribution in [-0.2, 0) is 0 Å². The Morgan fingerprint density at radius 3 is 2.17 bits per heavy atom. The van der Waals surface area contributed by atoms with Crippen molar-refractivity contribution in [2.75, 3.05) is 13.1 Å². The Morgan fingerprint density at radius 2 is 1.54 bits per heavy atom. The molecule has 0 spiro atoms. The fraction of sp³-hybridized carbons (Fsp3) is 0.300. The van der Waals surface area contributed by atoms with E-state index in [1.54, 1.807) is 13.0 Å². The zero-order chi connectivity index (χ0) is 17.1. The molecule has 1 fully saturated rings. The highest BCUT2D eigenvalue weighted by molar-refractivity contribution is 6.01. The SMILES string of the molecule is Cc1c(C(=O)O)cc(-c2ccccc2)cc1C(=O)N1CCCCC1. The molecular formula is C20H21NO3. The third kappa shape index (κ3) is 3.18. The molecule has 3 rings (SSSR count). The molecule has 4 nitrogen and oxygen atoms in total. The van der Waals surface area contributed by atoms with Crippen LogP contribution in [0.5, 0.6) is 0 Å². The van der Waals surface area contributed by atoms with E-state index >= 15 is 0 Å². The van der Waals surface area contributed by atoms with Crippen molar-refractivity contribution < 1.29 is 14.7 Å². The van der Waals surface area contributed by atoms with Gasteiger partial charge in [-0.15, -0.1) is 0 Å². The smallest absolute Gasteiger partial charge is 0.335 e. The topological polar surface area (TPSA) is 57.6 Å². The van der Waals surface area contributed by atoms with Gasteiger partial charge in [-0.3, -0.25) is 4.79 Å². The van der Waals surface area contributed by atoms with E-state index in [9.17, 15) is 14.7 Å². The minimum Gasteiger partial charge on any atom is -0.478 e. The number of likely N-dealkylation sites (tertiary alicyclic amines) is 1. The summed E-state index contributed by atoms with van der Waals surface area (Å²) >= 11 is 0. The van der Waals surface area contributed by atoms with E-state index in [0.717, 1.165) is 43.5 Å². The van der Waals surface area contributed by atoms with E-state index in [1.165, 1.54) is 0 Å². The predicted octanol–water partition coefficient (Wildman–Crippen LogP) is 3.99. The zero-order valence-corrected chi connectivity index (χ0v) is 13.8. The van der Waals surface area contributed by atoms with Gasteiger partial charge in [-0.2, -0.15) is 0 Å². The summed E-state index contributed by atoms with van der Waals surface area (Å²) in [5.41, 5.74) is 2.90. The monoisotopic (exact) mass is 323 g/mol. The molecule has 0 aromatic heterocycles. The third-order valence-corrected chi connectivity index (χ3v) is 4.62. The van der Waals surface area contributed by atoms with Gasteiger partial charge in [0.05, 0.1) is 5.56 Å². The van der Waals surface area contributed by atoms with Crippen LogP contribution < -0.4 is 0 Å². The molecular weight excluding hydrogens is 302 g/mol. The van der Waals surface area contributed by atoms with Crippen molar-refractivity contribution in [3.63, 3.8) is 0 Å². The van der Waals surface area contributed by atoms with E-state index in [2.05, 4.69) is 0 Å². The van der Waals surface area contributed by atoms with Crippen LogP contribution in [0.15, 0.2) is 42.5 Å². The quantitative estimate of drug-likeness (QED) is 0.929. The van der Waals surface area contributed by atoms with Crippen LogP contribution in [0.3, 0.4) is 0 Å². The van der Waals surface area contributed by atoms with Crippen LogP contribution in [-0.4, -0.2) is 35.0 Å². The fourth-order valence-corrected chi connectivity index (χ4v) is 3.22. The average molecular weight is 323 g/mol. The third-order valence-electron chi connectivity index (χ3n) is 4.62. The van der Waals surface area contributed by atoms with Crippen LogP contribution in [0.2, 0.25) is 0 Å². The van der Waals surface area contributed by atoms with Crippen LogP contribution in [0.1, 0.15) is 45.5 Å². The maximum atomic E-state index is 12.9. The fourth-order valence-electron chi connectivity index (χ4n) is 3.22. The Bertz CT molecular complexity index is 762. The Kier molecular flexibility index (Phi) is 4.65. The Balaban J connectivity index is 2.08. The first-order chi connectivity index (χ1) is 11.6. The number of benzene rings is 2. The summed E-state index contributed by atoms with van der Waals surface area (Å²) in [5, 5.41) is 9.53. The number of carboxylic acid groups (broad SMARTS) is 1. The summed E-state index contributed by atoms with van der Waals surface area (Å²) in [6.45, 7) is 3.21. The van der Waals surface area contributed by atoms with Gasteiger partial charge in [0.1, 0.15) is 0 Å². The zero-order valence-electron chi connectivity index (χ0n) is 13.8. The summed E-state index contributed by atoms with van der Waals surface area (Å²) in [4.78, 5) is 26.4. The molecule has 0 unspecified atom stereocenters. The molecule has 124 valence electrons. The van der Waals surface area contributed by atoms with E-state index in [4.69, 9.17) is 0 Å². The molecule has 0 aliphatic carbocycles. The van der Waals surface area contributed by atoms with Crippen molar-refractivity contribution in [2.45, 2.75) is 26.2 Å². The molecule has 1 aliphatic rings. The molecule has 0 radical (unpaired) electrons. The number of piperidine rings is 1. The minimum atomic E-state index is -1.00. The molecule has 0 atom stereocenters. The second-order valence-corrected chi connectivity index (χ2v) is 6.22. The maximum Gasteiger partial charge on any atom is 0.335 e. The molecule has 1 amide bonds. The van der Waals surface area contributed by atoms with Gasteiger partial charge in [0, 0.05) is 18.7 Å². The number of aromatic carboxylic acids is 1. The maximum absolute atomic E-state index is 12.9. The van der Waals surface area contributed by atoms with Gasteiger partial charge in [-0.25, -0.2) is 4.79 Å². The first kappa shape index (κ1) is 16.2. The molecule has 2 aromatic carbocycles. The Labute approximate surface area is 141 Å². The number of nitrogens with zero attached hydrogens (tertiary/aromatic N) is 1. The van der Waals surface area contributed by atoms with Crippen LogP contribution in [0, 0.1) is 6.92 Å². The molecule has 1 aliphatic heterocycles. The summed E-state index contributed by atoms with van der Waals surface area (Å²) in [6.07, 6.45) is 3.16. The first-order valence-corrected chi connectivity index (χ1v) is 8.30. The Hall–Kier alpha value is -2.62. The summed E-state index contributed by atoms with van der Waals surface area (Å²) in [6, 6.07) is 13.0. The summed E-state index contributed by atoms with van der Waals surface area (Å²) in [5.74, 6) is -1.06. The lowest BCUT2D eigenvalue weighted by atomic mass is 9.94. The molecule has 0 saturated carbocycles. The normalized spacial score (nSPS) is 14.5. The summed E-state index contributed by atoms with van der Waals surface area (Å²) < 4.78 is 0. The average Bonchev–Trinajstić information content (AvgIpc) is 2.62. The Morgan fingerprint density at radius 1 is 0.917 bits per heavy atom. The van der Waals surface area contributed by atoms with Crippen molar-refractivity contribution >= 4 is 11.9 Å². The molecule has 1 saturated heterocycles. The van der Waals surface area contributed by atoms with Crippen molar-refractivity contribution in [1.29, 1.82) is 0 Å². The lowest BCUT2D eigenvalue weighted by Gasteiger charge is -2.27. The lowest BCUT2D eigenvalue weighted by molar-refractivity contribution is 0.0696. The highest BCUT2D eigenvalue weighted by atomic mass is 16.4. The van der Waals surface area contributed by atoms with Crippen molar-refractivity contribution in [1.82, 2.24) is 4.90 Å². The highest BCUT2D eigenvalue weighted by Gasteiger charge is 2.23. The first-order valence-electron chi connectivity index (χ1n) is 8.30. The molecule has 1 heterocycles. The molecule has 4 heteroatoms. The molecule has 24 heavy (non-hydrogen) atoms. The second kappa shape index (κ2) is 6.87. The summed E-state index contributed by atoms with van der Waals surface area (Å²) in [7, 11) is 0. The molecule has 2 aromatic rings. The second-order valence-electron chi connectivity index (χ2n) is 6.22. The van der Waals surface area contributed by atoms with Crippen molar-refractivity contribution in [3.8, 4) is 11.1 Å². The van der Waals surface area contributed by atoms with Gasteiger partial charge in [-0.05, 0) is 55.0 Å².